The van der Waals surface area contributed by atoms with Crippen molar-refractivity contribution in [2.24, 2.45) is 0 Å². The zero-order valence-electron chi connectivity index (χ0n) is 30.1. The Morgan fingerprint density at radius 1 is 0.268 bits per heavy atom. The van der Waals surface area contributed by atoms with Gasteiger partial charge in [0.15, 0.2) is 17.5 Å². The van der Waals surface area contributed by atoms with E-state index in [1.165, 1.54) is 57.0 Å². The van der Waals surface area contributed by atoms with Crippen molar-refractivity contribution in [3.63, 3.8) is 0 Å². The molecule has 0 amide bonds. The third-order valence-electron chi connectivity index (χ3n) is 10.6. The molecule has 0 unspecified atom stereocenters. The second kappa shape index (κ2) is 13.5. The van der Waals surface area contributed by atoms with Gasteiger partial charge in [-0.15, -0.1) is 22.7 Å². The van der Waals surface area contributed by atoms with Crippen LogP contribution in [0.1, 0.15) is 0 Å². The molecule has 3 nitrogen and oxygen atoms in total. The van der Waals surface area contributed by atoms with E-state index in [9.17, 15) is 0 Å². The molecule has 0 saturated carbocycles. The summed E-state index contributed by atoms with van der Waals surface area (Å²) >= 11 is 3.59. The van der Waals surface area contributed by atoms with E-state index in [2.05, 4.69) is 188 Å². The van der Waals surface area contributed by atoms with Crippen molar-refractivity contribution in [1.82, 2.24) is 15.0 Å². The second-order valence-electron chi connectivity index (χ2n) is 13.9. The lowest BCUT2D eigenvalue weighted by Crippen LogP contribution is -2.01. The Hall–Kier alpha value is -6.79. The van der Waals surface area contributed by atoms with Crippen LogP contribution in [0.2, 0.25) is 0 Å². The number of fused-ring (bicyclic) bond motifs is 6. The van der Waals surface area contributed by atoms with Crippen LogP contribution in [0.3, 0.4) is 0 Å². The van der Waals surface area contributed by atoms with Crippen LogP contribution in [0.4, 0.5) is 0 Å². The molecule has 0 atom stereocenters. The number of nitrogens with zero attached hydrogens (tertiary/aromatic N) is 3. The zero-order chi connectivity index (χ0) is 37.0. The SMILES string of the molecule is c1ccc(-c2ccccc2-c2ccc(-c3nc(-c4cccc5c4sc4ccccc45)nc(-c4cccc5c4sc4ccccc45)n3)c(-c3ccccc3)c2)cc1. The smallest absolute Gasteiger partial charge is 0.165 e. The van der Waals surface area contributed by atoms with Crippen molar-refractivity contribution >= 4 is 63.0 Å². The molecule has 0 N–H and O–H groups in total. The van der Waals surface area contributed by atoms with E-state index in [0.29, 0.717) is 17.5 Å². The van der Waals surface area contributed by atoms with Gasteiger partial charge in [-0.3, -0.25) is 0 Å². The molecule has 0 radical (unpaired) electrons. The first kappa shape index (κ1) is 32.6. The van der Waals surface area contributed by atoms with Gasteiger partial charge in [-0.25, -0.2) is 15.0 Å². The van der Waals surface area contributed by atoms with Crippen LogP contribution in [-0.2, 0) is 0 Å². The van der Waals surface area contributed by atoms with Gasteiger partial charge in [0.1, 0.15) is 0 Å². The molecule has 11 rings (SSSR count). The van der Waals surface area contributed by atoms with Gasteiger partial charge in [0, 0.05) is 57.0 Å². The summed E-state index contributed by atoms with van der Waals surface area (Å²) in [6.07, 6.45) is 0. The molecule has 0 saturated heterocycles. The fraction of sp³-hybridized carbons (Fsp3) is 0. The first-order valence-corrected chi connectivity index (χ1v) is 20.3. The number of aromatic nitrogens is 3. The van der Waals surface area contributed by atoms with E-state index in [1.807, 2.05) is 0 Å². The Bertz CT molecular complexity index is 3120. The molecule has 0 aliphatic heterocycles. The summed E-state index contributed by atoms with van der Waals surface area (Å²) < 4.78 is 4.84. The van der Waals surface area contributed by atoms with E-state index in [1.54, 1.807) is 22.7 Å². The molecule has 5 heteroatoms. The Labute approximate surface area is 331 Å². The van der Waals surface area contributed by atoms with E-state index in [-0.39, 0.29) is 0 Å². The molecule has 0 bridgehead atoms. The van der Waals surface area contributed by atoms with Crippen molar-refractivity contribution in [2.75, 3.05) is 0 Å². The van der Waals surface area contributed by atoms with Crippen LogP contribution < -0.4 is 0 Å². The number of hydrogen-bond acceptors (Lipinski definition) is 5. The van der Waals surface area contributed by atoms with Gasteiger partial charge >= 0.3 is 0 Å². The summed E-state index contributed by atoms with van der Waals surface area (Å²) in [7, 11) is 0. The van der Waals surface area contributed by atoms with Crippen molar-refractivity contribution in [3.05, 3.63) is 188 Å². The standard InChI is InChI=1S/C51H31N3S2/c1-3-15-32(16-4-1)35-19-7-8-20-36(35)34-29-30-41(44(31-34)33-17-5-2-6-18-33)49-52-50(42-25-13-23-39-37-21-9-11-27-45(37)55-47(39)42)54-51(53-49)43-26-14-24-40-38-22-10-12-28-46(38)56-48(40)43/h1-31H. The highest BCUT2D eigenvalue weighted by Gasteiger charge is 2.21. The maximum atomic E-state index is 5.38. The van der Waals surface area contributed by atoms with E-state index in [4.69, 9.17) is 15.0 Å². The first-order chi connectivity index (χ1) is 27.8. The van der Waals surface area contributed by atoms with Gasteiger partial charge in [0.2, 0.25) is 0 Å². The minimum Gasteiger partial charge on any atom is -0.208 e. The summed E-state index contributed by atoms with van der Waals surface area (Å²) in [4.78, 5) is 16.1. The quantitative estimate of drug-likeness (QED) is 0.170. The van der Waals surface area contributed by atoms with Crippen LogP contribution in [0.5, 0.6) is 0 Å². The molecule has 11 aromatic rings. The highest BCUT2D eigenvalue weighted by Crippen LogP contribution is 2.43. The maximum Gasteiger partial charge on any atom is 0.165 e. The monoisotopic (exact) mass is 749 g/mol. The first-order valence-electron chi connectivity index (χ1n) is 18.7. The third kappa shape index (κ3) is 5.51. The largest absolute Gasteiger partial charge is 0.208 e. The van der Waals surface area contributed by atoms with Gasteiger partial charge in [-0.05, 0) is 69.8 Å². The summed E-state index contributed by atoms with van der Waals surface area (Å²) in [5.74, 6) is 1.97. The lowest BCUT2D eigenvalue weighted by atomic mass is 9.90. The van der Waals surface area contributed by atoms with Crippen molar-refractivity contribution in [1.29, 1.82) is 0 Å². The second-order valence-corrected chi connectivity index (χ2v) is 16.0. The normalized spacial score (nSPS) is 11.6. The molecular formula is C51H31N3S2. The molecule has 3 aromatic heterocycles. The van der Waals surface area contributed by atoms with Crippen molar-refractivity contribution in [2.45, 2.75) is 0 Å². The summed E-state index contributed by atoms with van der Waals surface area (Å²) in [5.41, 5.74) is 9.81. The van der Waals surface area contributed by atoms with Gasteiger partial charge in [-0.2, -0.15) is 0 Å². The summed E-state index contributed by atoms with van der Waals surface area (Å²) in [6.45, 7) is 0. The van der Waals surface area contributed by atoms with Crippen LogP contribution in [-0.4, -0.2) is 15.0 Å². The van der Waals surface area contributed by atoms with Crippen LogP contribution in [0.15, 0.2) is 188 Å². The maximum absolute atomic E-state index is 5.38. The molecule has 0 aliphatic carbocycles. The van der Waals surface area contributed by atoms with Gasteiger partial charge in [0.05, 0.1) is 0 Å². The fourth-order valence-electron chi connectivity index (χ4n) is 7.95. The van der Waals surface area contributed by atoms with E-state index >= 15 is 0 Å². The van der Waals surface area contributed by atoms with Gasteiger partial charge in [0.25, 0.3) is 0 Å². The van der Waals surface area contributed by atoms with Crippen LogP contribution in [0, 0.1) is 0 Å². The molecule has 0 spiro atoms. The lowest BCUT2D eigenvalue weighted by molar-refractivity contribution is 1.08. The molecule has 3 heterocycles. The minimum absolute atomic E-state index is 0.642. The highest BCUT2D eigenvalue weighted by molar-refractivity contribution is 7.26. The number of hydrogen-bond donors (Lipinski definition) is 0. The van der Waals surface area contributed by atoms with Crippen LogP contribution >= 0.6 is 22.7 Å². The Balaban J connectivity index is 1.18. The fourth-order valence-corrected chi connectivity index (χ4v) is 10.4. The van der Waals surface area contributed by atoms with Gasteiger partial charge < -0.3 is 0 Å². The third-order valence-corrected chi connectivity index (χ3v) is 13.0. The molecule has 8 aromatic carbocycles. The topological polar surface area (TPSA) is 38.7 Å². The van der Waals surface area contributed by atoms with Gasteiger partial charge in [-0.1, -0.05) is 152 Å². The lowest BCUT2D eigenvalue weighted by Gasteiger charge is -2.16. The molecule has 56 heavy (non-hydrogen) atoms. The summed E-state index contributed by atoms with van der Waals surface area (Å²) in [6, 6.07) is 66.8. The highest BCUT2D eigenvalue weighted by atomic mass is 32.1. The molecular weight excluding hydrogens is 719 g/mol. The van der Waals surface area contributed by atoms with Crippen LogP contribution in [0.25, 0.3) is 108 Å². The van der Waals surface area contributed by atoms with E-state index < -0.39 is 0 Å². The number of benzene rings is 8. The average Bonchev–Trinajstić information content (AvgIpc) is 3.85. The Kier molecular flexibility index (Phi) is 7.87. The van der Waals surface area contributed by atoms with E-state index in [0.717, 1.165) is 33.4 Å². The zero-order valence-corrected chi connectivity index (χ0v) is 31.7. The van der Waals surface area contributed by atoms with Crippen molar-refractivity contribution in [3.8, 4) is 67.5 Å². The predicted molar refractivity (Wildman–Crippen MR) is 238 cm³/mol. The number of thiophene rings is 2. The number of rotatable bonds is 6. The predicted octanol–water partition coefficient (Wildman–Crippen LogP) is 14.6. The molecule has 0 fully saturated rings. The Morgan fingerprint density at radius 3 is 1.23 bits per heavy atom. The molecule has 0 aliphatic rings. The summed E-state index contributed by atoms with van der Waals surface area (Å²) in [5, 5.41) is 4.92. The minimum atomic E-state index is 0.642. The Morgan fingerprint density at radius 2 is 0.679 bits per heavy atom. The average molecular weight is 750 g/mol. The molecule has 262 valence electrons. The van der Waals surface area contributed by atoms with Crippen molar-refractivity contribution < 1.29 is 0 Å².